The summed E-state index contributed by atoms with van der Waals surface area (Å²) in [6.45, 7) is 2.27. The molecule has 0 atom stereocenters. The molecule has 3 heteroatoms. The molecule has 0 unspecified atom stereocenters. The van der Waals surface area contributed by atoms with Gasteiger partial charge in [0.15, 0.2) is 17.5 Å². The van der Waals surface area contributed by atoms with Crippen molar-refractivity contribution < 1.29 is 13.2 Å². The minimum absolute atomic E-state index is 0.145. The van der Waals surface area contributed by atoms with E-state index in [0.29, 0.717) is 11.5 Å². The number of halogens is 3. The van der Waals surface area contributed by atoms with Crippen LogP contribution in [0.15, 0.2) is 24.3 Å². The number of benzene rings is 1. The summed E-state index contributed by atoms with van der Waals surface area (Å²) in [5.74, 6) is -1.09. The van der Waals surface area contributed by atoms with Crippen LogP contribution in [0.3, 0.4) is 0 Å². The minimum atomic E-state index is -1.36. The molecule has 0 spiro atoms. The number of hydrogen-bond acceptors (Lipinski definition) is 0. The molecule has 1 aromatic carbocycles. The van der Waals surface area contributed by atoms with E-state index in [9.17, 15) is 13.2 Å². The molecule has 0 heterocycles. The van der Waals surface area contributed by atoms with E-state index in [4.69, 9.17) is 0 Å². The van der Waals surface area contributed by atoms with Gasteiger partial charge < -0.3 is 0 Å². The van der Waals surface area contributed by atoms with Gasteiger partial charge in [-0.15, -0.1) is 0 Å². The lowest BCUT2D eigenvalue weighted by Crippen LogP contribution is -2.15. The van der Waals surface area contributed by atoms with Crippen LogP contribution in [0.4, 0.5) is 13.2 Å². The quantitative estimate of drug-likeness (QED) is 0.195. The Kier molecular flexibility index (Phi) is 9.99. The standard InChI is InChI=1S/C28H41F3/c1-2-3-4-5-6-7-8-21-9-11-22(12-10-21)13-14-23-15-17-24(18-16-23)25-19-26(29)28(31)27(30)20-25/h13-14,19-24H,2-12,15-18H2,1H3. The highest BCUT2D eigenvalue weighted by molar-refractivity contribution is 5.23. The average Bonchev–Trinajstić information content (AvgIpc) is 2.79. The maximum Gasteiger partial charge on any atom is 0.194 e. The molecule has 0 N–H and O–H groups in total. The highest BCUT2D eigenvalue weighted by atomic mass is 19.2. The lowest BCUT2D eigenvalue weighted by molar-refractivity contribution is 0.287. The number of hydrogen-bond donors (Lipinski definition) is 0. The Labute approximate surface area is 187 Å². The maximum absolute atomic E-state index is 13.5. The number of unbranched alkanes of at least 4 members (excludes halogenated alkanes) is 5. The molecule has 0 amide bonds. The molecule has 0 bridgehead atoms. The largest absolute Gasteiger partial charge is 0.204 e. The fraction of sp³-hybridized carbons (Fsp3) is 0.714. The highest BCUT2D eigenvalue weighted by Gasteiger charge is 2.24. The fourth-order valence-electron chi connectivity index (χ4n) is 5.65. The van der Waals surface area contributed by atoms with E-state index in [1.165, 1.54) is 82.8 Å². The van der Waals surface area contributed by atoms with Crippen molar-refractivity contribution in [3.63, 3.8) is 0 Å². The first-order chi connectivity index (χ1) is 15.1. The third-order valence-corrected chi connectivity index (χ3v) is 7.76. The van der Waals surface area contributed by atoms with Gasteiger partial charge in [-0.2, -0.15) is 0 Å². The summed E-state index contributed by atoms with van der Waals surface area (Å²) >= 11 is 0. The van der Waals surface area contributed by atoms with Crippen LogP contribution in [0.5, 0.6) is 0 Å². The first kappa shape index (κ1) is 24.4. The molecule has 31 heavy (non-hydrogen) atoms. The Morgan fingerprint density at radius 1 is 0.710 bits per heavy atom. The Hall–Kier alpha value is -1.25. The smallest absolute Gasteiger partial charge is 0.194 e. The third kappa shape index (κ3) is 7.68. The maximum atomic E-state index is 13.5. The molecule has 0 nitrogen and oxygen atoms in total. The molecule has 174 valence electrons. The van der Waals surface area contributed by atoms with E-state index in [0.717, 1.165) is 37.5 Å². The summed E-state index contributed by atoms with van der Waals surface area (Å²) in [6, 6.07) is 2.37. The molecule has 0 aliphatic heterocycles. The summed E-state index contributed by atoms with van der Waals surface area (Å²) < 4.78 is 40.3. The van der Waals surface area contributed by atoms with Crippen molar-refractivity contribution >= 4 is 0 Å². The molecule has 1 aromatic rings. The van der Waals surface area contributed by atoms with Crippen molar-refractivity contribution in [2.45, 2.75) is 109 Å². The predicted molar refractivity (Wildman–Crippen MR) is 124 cm³/mol. The lowest BCUT2D eigenvalue weighted by Gasteiger charge is -2.29. The van der Waals surface area contributed by atoms with E-state index in [-0.39, 0.29) is 5.92 Å². The summed E-state index contributed by atoms with van der Waals surface area (Å²) in [7, 11) is 0. The molecule has 0 saturated heterocycles. The predicted octanol–water partition coefficient (Wildman–Crippen LogP) is 9.49. The Morgan fingerprint density at radius 3 is 1.81 bits per heavy atom. The molecular formula is C28H41F3. The zero-order chi connectivity index (χ0) is 22.1. The molecular weight excluding hydrogens is 393 g/mol. The van der Waals surface area contributed by atoms with E-state index in [2.05, 4.69) is 19.1 Å². The second-order valence-corrected chi connectivity index (χ2v) is 10.1. The summed E-state index contributed by atoms with van der Waals surface area (Å²) in [6.07, 6.45) is 24.1. The Bertz CT molecular complexity index is 656. The fourth-order valence-corrected chi connectivity index (χ4v) is 5.65. The highest BCUT2D eigenvalue weighted by Crippen LogP contribution is 2.38. The summed E-state index contributed by atoms with van der Waals surface area (Å²) in [4.78, 5) is 0. The molecule has 3 rings (SSSR count). The van der Waals surface area contributed by atoms with Gasteiger partial charge in [-0.05, 0) is 92.7 Å². The van der Waals surface area contributed by atoms with Crippen LogP contribution in [-0.2, 0) is 0 Å². The van der Waals surface area contributed by atoms with Crippen LogP contribution < -0.4 is 0 Å². The Balaban J connectivity index is 1.33. The second kappa shape index (κ2) is 12.7. The van der Waals surface area contributed by atoms with E-state index in [1.807, 2.05) is 0 Å². The van der Waals surface area contributed by atoms with Gasteiger partial charge in [0.05, 0.1) is 0 Å². The molecule has 2 aliphatic carbocycles. The third-order valence-electron chi connectivity index (χ3n) is 7.76. The molecule has 0 aromatic heterocycles. The van der Waals surface area contributed by atoms with Gasteiger partial charge in [0.2, 0.25) is 0 Å². The van der Waals surface area contributed by atoms with Gasteiger partial charge in [0.25, 0.3) is 0 Å². The Morgan fingerprint density at radius 2 is 1.23 bits per heavy atom. The van der Waals surface area contributed by atoms with Gasteiger partial charge in [0.1, 0.15) is 0 Å². The molecule has 2 fully saturated rings. The van der Waals surface area contributed by atoms with Crippen LogP contribution in [0, 0.1) is 35.2 Å². The van der Waals surface area contributed by atoms with Crippen LogP contribution in [-0.4, -0.2) is 0 Å². The van der Waals surface area contributed by atoms with Crippen LogP contribution >= 0.6 is 0 Å². The normalized spacial score (nSPS) is 27.1. The van der Waals surface area contributed by atoms with E-state index in [1.54, 1.807) is 0 Å². The van der Waals surface area contributed by atoms with Crippen LogP contribution in [0.1, 0.15) is 115 Å². The van der Waals surface area contributed by atoms with Gasteiger partial charge in [0, 0.05) is 0 Å². The lowest BCUT2D eigenvalue weighted by atomic mass is 9.76. The van der Waals surface area contributed by atoms with Gasteiger partial charge in [-0.1, -0.05) is 64.0 Å². The summed E-state index contributed by atoms with van der Waals surface area (Å²) in [5.41, 5.74) is 0.613. The van der Waals surface area contributed by atoms with Gasteiger partial charge >= 0.3 is 0 Å². The second-order valence-electron chi connectivity index (χ2n) is 10.1. The zero-order valence-electron chi connectivity index (χ0n) is 19.4. The van der Waals surface area contributed by atoms with Crippen molar-refractivity contribution in [1.29, 1.82) is 0 Å². The van der Waals surface area contributed by atoms with Crippen molar-refractivity contribution in [1.82, 2.24) is 0 Å². The van der Waals surface area contributed by atoms with Crippen molar-refractivity contribution in [3.05, 3.63) is 47.3 Å². The zero-order valence-corrected chi connectivity index (χ0v) is 19.4. The number of rotatable bonds is 10. The van der Waals surface area contributed by atoms with Crippen LogP contribution in [0.25, 0.3) is 0 Å². The molecule has 2 aliphatic rings. The van der Waals surface area contributed by atoms with Gasteiger partial charge in [-0.3, -0.25) is 0 Å². The molecule has 2 saturated carbocycles. The topological polar surface area (TPSA) is 0 Å². The monoisotopic (exact) mass is 434 g/mol. The first-order valence-electron chi connectivity index (χ1n) is 12.9. The van der Waals surface area contributed by atoms with Gasteiger partial charge in [-0.25, -0.2) is 13.2 Å². The molecule has 0 radical (unpaired) electrons. The SMILES string of the molecule is CCCCCCCCC1CCC(C=CC2CCC(c3cc(F)c(F)c(F)c3)CC2)CC1. The van der Waals surface area contributed by atoms with Crippen molar-refractivity contribution in [2.24, 2.45) is 17.8 Å². The minimum Gasteiger partial charge on any atom is -0.204 e. The first-order valence-corrected chi connectivity index (χ1v) is 12.9. The van der Waals surface area contributed by atoms with E-state index >= 15 is 0 Å². The average molecular weight is 435 g/mol. The van der Waals surface area contributed by atoms with Crippen molar-refractivity contribution in [2.75, 3.05) is 0 Å². The van der Waals surface area contributed by atoms with Crippen LogP contribution in [0.2, 0.25) is 0 Å². The van der Waals surface area contributed by atoms with Crippen molar-refractivity contribution in [3.8, 4) is 0 Å². The number of allylic oxidation sites excluding steroid dienone is 2. The summed E-state index contributed by atoms with van der Waals surface area (Å²) in [5, 5.41) is 0. The van der Waals surface area contributed by atoms with E-state index < -0.39 is 17.5 Å².